The Hall–Kier alpha value is -3.59. The van der Waals surface area contributed by atoms with E-state index in [0.717, 1.165) is 0 Å². The molecule has 1 aliphatic heterocycles. The van der Waals surface area contributed by atoms with Gasteiger partial charge in [-0.3, -0.25) is 9.59 Å². The number of hydrogen-bond donors (Lipinski definition) is 2. The van der Waals surface area contributed by atoms with Crippen LogP contribution in [0.1, 0.15) is 29.7 Å². The molecule has 0 aliphatic carbocycles. The van der Waals surface area contributed by atoms with E-state index in [2.05, 4.69) is 16.4 Å². The molecular weight excluding hydrogens is 330 g/mol. The Bertz CT molecular complexity index is 1240. The zero-order valence-electron chi connectivity index (χ0n) is 14.2. The molecule has 0 saturated heterocycles. The van der Waals surface area contributed by atoms with Crippen LogP contribution in [-0.2, 0) is 0 Å². The fourth-order valence-corrected chi connectivity index (χ4v) is 3.52. The van der Waals surface area contributed by atoms with Gasteiger partial charge in [-0.15, -0.1) is 0 Å². The third-order valence-electron chi connectivity index (χ3n) is 4.64. The number of rotatable bonds is 1. The van der Waals surface area contributed by atoms with Gasteiger partial charge in [-0.2, -0.15) is 5.26 Å². The Balaban J connectivity index is 2.14. The average molecular weight is 345 g/mol. The first kappa shape index (κ1) is 15.9. The maximum Gasteiger partial charge on any atom is 0.254 e. The molecule has 0 radical (unpaired) electrons. The molecule has 1 unspecified atom stereocenters. The Labute approximate surface area is 148 Å². The number of aryl methyl sites for hydroxylation is 1. The number of fused-ring (bicyclic) bond motifs is 2. The second-order valence-electron chi connectivity index (χ2n) is 6.29. The first-order valence-corrected chi connectivity index (χ1v) is 8.14. The number of hydrogen-bond acceptors (Lipinski definition) is 5. The minimum Gasteiger partial charge on any atom is -0.461 e. The molecule has 2 aromatic heterocycles. The number of para-hydroxylation sites is 1. The van der Waals surface area contributed by atoms with Crippen molar-refractivity contribution in [3.8, 4) is 6.07 Å². The Morgan fingerprint density at radius 2 is 2.00 bits per heavy atom. The van der Waals surface area contributed by atoms with E-state index in [0.29, 0.717) is 44.8 Å². The van der Waals surface area contributed by atoms with E-state index >= 15 is 0 Å². The lowest BCUT2D eigenvalue weighted by Gasteiger charge is -2.27. The molecule has 4 rings (SSSR count). The molecule has 0 bridgehead atoms. The van der Waals surface area contributed by atoms with Gasteiger partial charge in [0.2, 0.25) is 0 Å². The molecular formula is C20H15N3O3. The number of nitriles is 1. The van der Waals surface area contributed by atoms with Gasteiger partial charge in [-0.1, -0.05) is 12.1 Å². The molecule has 0 spiro atoms. The van der Waals surface area contributed by atoms with Gasteiger partial charge in [0.25, 0.3) is 5.56 Å². The Morgan fingerprint density at radius 3 is 2.77 bits per heavy atom. The summed E-state index contributed by atoms with van der Waals surface area (Å²) in [6.45, 7) is 3.50. The highest BCUT2D eigenvalue weighted by Crippen LogP contribution is 2.41. The van der Waals surface area contributed by atoms with E-state index in [9.17, 15) is 14.9 Å². The van der Waals surface area contributed by atoms with Gasteiger partial charge in [0.15, 0.2) is 5.43 Å². The maximum absolute atomic E-state index is 12.6. The van der Waals surface area contributed by atoms with Crippen molar-refractivity contribution in [2.45, 2.75) is 19.8 Å². The molecule has 1 aromatic carbocycles. The maximum atomic E-state index is 12.6. The molecule has 0 amide bonds. The van der Waals surface area contributed by atoms with Crippen molar-refractivity contribution in [2.24, 2.45) is 0 Å². The van der Waals surface area contributed by atoms with Crippen molar-refractivity contribution < 1.29 is 4.42 Å². The molecule has 1 aliphatic rings. The third kappa shape index (κ3) is 2.25. The van der Waals surface area contributed by atoms with Crippen LogP contribution in [0.3, 0.4) is 0 Å². The standard InChI is InChI=1S/C20H15N3O3/c1-10-8-16(24)12-4-3-5-13(19(12)26-10)17-14(9-21)11(2)23-15-6-7-22-20(25)18(15)17/h3-8,17,23H,1-2H3,(H,22,25). The normalized spacial score (nSPS) is 16.1. The zero-order chi connectivity index (χ0) is 18.4. The second-order valence-corrected chi connectivity index (χ2v) is 6.29. The molecule has 3 aromatic rings. The highest BCUT2D eigenvalue weighted by atomic mass is 16.3. The van der Waals surface area contributed by atoms with E-state index in [1.54, 1.807) is 44.3 Å². The number of nitrogens with one attached hydrogen (secondary N) is 2. The summed E-state index contributed by atoms with van der Waals surface area (Å²) in [4.78, 5) is 27.6. The molecule has 0 saturated carbocycles. The van der Waals surface area contributed by atoms with Gasteiger partial charge >= 0.3 is 0 Å². The quantitative estimate of drug-likeness (QED) is 0.706. The van der Waals surface area contributed by atoms with E-state index in [1.807, 2.05) is 0 Å². The zero-order valence-corrected chi connectivity index (χ0v) is 14.2. The van der Waals surface area contributed by atoms with Crippen LogP contribution in [0.5, 0.6) is 0 Å². The summed E-state index contributed by atoms with van der Waals surface area (Å²) < 4.78 is 5.85. The summed E-state index contributed by atoms with van der Waals surface area (Å²) in [5.74, 6) is -0.139. The fourth-order valence-electron chi connectivity index (χ4n) is 3.52. The van der Waals surface area contributed by atoms with Crippen LogP contribution in [0, 0.1) is 18.3 Å². The summed E-state index contributed by atoms with van der Waals surface area (Å²) in [7, 11) is 0. The van der Waals surface area contributed by atoms with E-state index in [-0.39, 0.29) is 11.0 Å². The van der Waals surface area contributed by atoms with Gasteiger partial charge < -0.3 is 14.7 Å². The summed E-state index contributed by atoms with van der Waals surface area (Å²) in [6, 6.07) is 10.6. The molecule has 26 heavy (non-hydrogen) atoms. The first-order valence-electron chi connectivity index (χ1n) is 8.14. The molecule has 128 valence electrons. The summed E-state index contributed by atoms with van der Waals surface area (Å²) in [5.41, 5.74) is 2.76. The number of allylic oxidation sites excluding steroid dienone is 2. The number of pyridine rings is 1. The number of anilines is 1. The van der Waals surface area contributed by atoms with Crippen molar-refractivity contribution in [2.75, 3.05) is 5.32 Å². The minimum absolute atomic E-state index is 0.152. The SMILES string of the molecule is CC1=C(C#N)C(c2cccc3c(=O)cc(C)oc23)c2c(cc[nH]c2=O)N1. The van der Waals surface area contributed by atoms with E-state index in [4.69, 9.17) is 4.42 Å². The van der Waals surface area contributed by atoms with Gasteiger partial charge in [-0.25, -0.2) is 0 Å². The number of aromatic amines is 1. The lowest BCUT2D eigenvalue weighted by Crippen LogP contribution is -2.25. The molecule has 6 heteroatoms. The van der Waals surface area contributed by atoms with Crippen LogP contribution in [0.2, 0.25) is 0 Å². The van der Waals surface area contributed by atoms with Crippen LogP contribution in [-0.4, -0.2) is 4.98 Å². The minimum atomic E-state index is -0.616. The highest BCUT2D eigenvalue weighted by molar-refractivity contribution is 5.83. The van der Waals surface area contributed by atoms with Crippen LogP contribution >= 0.6 is 0 Å². The third-order valence-corrected chi connectivity index (χ3v) is 4.64. The summed E-state index contributed by atoms with van der Waals surface area (Å²) >= 11 is 0. The lowest BCUT2D eigenvalue weighted by atomic mass is 9.81. The highest BCUT2D eigenvalue weighted by Gasteiger charge is 2.32. The Kier molecular flexibility index (Phi) is 3.51. The monoisotopic (exact) mass is 345 g/mol. The summed E-state index contributed by atoms with van der Waals surface area (Å²) in [6.07, 6.45) is 1.56. The van der Waals surface area contributed by atoms with Crippen LogP contribution in [0.15, 0.2) is 61.8 Å². The smallest absolute Gasteiger partial charge is 0.254 e. The van der Waals surface area contributed by atoms with Gasteiger partial charge in [0, 0.05) is 29.2 Å². The number of H-pyrrole nitrogens is 1. The fraction of sp³-hybridized carbons (Fsp3) is 0.150. The van der Waals surface area contributed by atoms with Crippen molar-refractivity contribution in [3.63, 3.8) is 0 Å². The van der Waals surface area contributed by atoms with Crippen molar-refractivity contribution in [1.82, 2.24) is 4.98 Å². The molecule has 3 heterocycles. The van der Waals surface area contributed by atoms with Gasteiger partial charge in [0.1, 0.15) is 11.3 Å². The Morgan fingerprint density at radius 1 is 1.19 bits per heavy atom. The number of aromatic nitrogens is 1. The first-order chi connectivity index (χ1) is 12.5. The van der Waals surface area contributed by atoms with Crippen LogP contribution < -0.4 is 16.3 Å². The second kappa shape index (κ2) is 5.74. The topological polar surface area (TPSA) is 98.9 Å². The molecule has 2 N–H and O–H groups in total. The predicted octanol–water partition coefficient (Wildman–Crippen LogP) is 3.14. The van der Waals surface area contributed by atoms with Crippen LogP contribution in [0.25, 0.3) is 11.0 Å². The number of benzene rings is 1. The molecule has 0 fully saturated rings. The van der Waals surface area contributed by atoms with E-state index < -0.39 is 5.92 Å². The van der Waals surface area contributed by atoms with Crippen molar-refractivity contribution in [1.29, 1.82) is 5.26 Å². The van der Waals surface area contributed by atoms with Gasteiger partial charge in [0.05, 0.1) is 28.5 Å². The summed E-state index contributed by atoms with van der Waals surface area (Å²) in [5, 5.41) is 13.3. The lowest BCUT2D eigenvalue weighted by molar-refractivity contribution is 0.559. The average Bonchev–Trinajstić information content (AvgIpc) is 2.60. The predicted molar refractivity (Wildman–Crippen MR) is 98.1 cm³/mol. The van der Waals surface area contributed by atoms with Crippen molar-refractivity contribution >= 4 is 16.7 Å². The van der Waals surface area contributed by atoms with E-state index in [1.165, 1.54) is 6.07 Å². The van der Waals surface area contributed by atoms with Gasteiger partial charge in [-0.05, 0) is 26.0 Å². The molecule has 1 atom stereocenters. The largest absolute Gasteiger partial charge is 0.461 e. The number of nitrogens with zero attached hydrogens (tertiary/aromatic N) is 1. The van der Waals surface area contributed by atoms with Crippen LogP contribution in [0.4, 0.5) is 5.69 Å². The molecule has 6 nitrogen and oxygen atoms in total. The van der Waals surface area contributed by atoms with Crippen molar-refractivity contribution in [3.05, 3.63) is 85.3 Å².